The summed E-state index contributed by atoms with van der Waals surface area (Å²) in [6.45, 7) is 0. The number of nitrogens with zero attached hydrogens (tertiary/aromatic N) is 2. The molecule has 0 aromatic heterocycles. The summed E-state index contributed by atoms with van der Waals surface area (Å²) in [7, 11) is 0. The third-order valence-electron chi connectivity index (χ3n) is 4.37. The number of carbonyl (C=O) groups excluding carboxylic acids is 2. The molecule has 0 saturated heterocycles. The average molecular weight is 450 g/mol. The topological polar surface area (TPSA) is 144 Å². The Balaban J connectivity index is 1.99. The maximum absolute atomic E-state index is 13.2. The van der Waals surface area contributed by atoms with Gasteiger partial charge in [-0.05, 0) is 35.9 Å². The van der Waals surface area contributed by atoms with Crippen LogP contribution in [0, 0.1) is 26.0 Å². The zero-order chi connectivity index (χ0) is 24.0. The lowest BCUT2D eigenvalue weighted by atomic mass is 10.1. The fraction of sp³-hybridized carbons (Fsp3) is 0. The first-order valence-corrected chi connectivity index (χ1v) is 9.33. The Morgan fingerprint density at radius 2 is 1.15 bits per heavy atom. The maximum Gasteiger partial charge on any atom is 0.292 e. The molecule has 0 spiro atoms. The highest BCUT2D eigenvalue weighted by Gasteiger charge is 2.24. The van der Waals surface area contributed by atoms with Crippen LogP contribution in [0.15, 0.2) is 78.4 Å². The van der Waals surface area contributed by atoms with Crippen molar-refractivity contribution in [3.63, 3.8) is 0 Å². The Morgan fingerprint density at radius 1 is 0.727 bits per heavy atom. The molecule has 33 heavy (non-hydrogen) atoms. The second-order valence-electron chi connectivity index (χ2n) is 6.57. The monoisotopic (exact) mass is 450 g/mol. The van der Waals surface area contributed by atoms with Gasteiger partial charge in [0.2, 0.25) is 0 Å². The summed E-state index contributed by atoms with van der Waals surface area (Å²) in [6.07, 6.45) is 1.13. The maximum atomic E-state index is 13.2. The molecule has 0 radical (unpaired) electrons. The van der Waals surface area contributed by atoms with E-state index in [9.17, 15) is 34.2 Å². The van der Waals surface area contributed by atoms with Crippen LogP contribution in [0.4, 0.5) is 27.1 Å². The Kier molecular flexibility index (Phi) is 6.84. The number of hydrogen-bond donors (Lipinski definition) is 2. The molecule has 0 unspecified atom stereocenters. The Hall–Kier alpha value is -4.93. The molecule has 0 fully saturated rings. The first kappa shape index (κ1) is 22.7. The van der Waals surface area contributed by atoms with Crippen molar-refractivity contribution in [2.45, 2.75) is 0 Å². The van der Waals surface area contributed by atoms with Crippen LogP contribution in [0.3, 0.4) is 0 Å². The molecule has 10 nitrogen and oxygen atoms in total. The summed E-state index contributed by atoms with van der Waals surface area (Å²) >= 11 is 0. The van der Waals surface area contributed by atoms with Crippen molar-refractivity contribution in [2.75, 3.05) is 10.6 Å². The van der Waals surface area contributed by atoms with Gasteiger partial charge in [-0.15, -0.1) is 0 Å². The number of nitro groups is 2. The van der Waals surface area contributed by atoms with Gasteiger partial charge < -0.3 is 10.6 Å². The molecular formula is C22H15FN4O6. The van der Waals surface area contributed by atoms with E-state index in [1.54, 1.807) is 0 Å². The van der Waals surface area contributed by atoms with Crippen molar-refractivity contribution in [3.05, 3.63) is 110 Å². The molecule has 0 aliphatic rings. The van der Waals surface area contributed by atoms with E-state index in [4.69, 9.17) is 0 Å². The molecule has 0 bridgehead atoms. The highest BCUT2D eigenvalue weighted by Crippen LogP contribution is 2.26. The van der Waals surface area contributed by atoms with Crippen molar-refractivity contribution < 1.29 is 23.8 Å². The zero-order valence-corrected chi connectivity index (χ0v) is 16.7. The highest BCUT2D eigenvalue weighted by atomic mass is 19.1. The molecule has 0 heterocycles. The summed E-state index contributed by atoms with van der Waals surface area (Å²) in [5.41, 5.74) is -1.34. The SMILES string of the molecule is O=C(Nc1ccccc1[N+](=O)[O-])C(=Cc1ccc(F)cc1)C(=O)Nc1ccccc1[N+](=O)[O-]. The van der Waals surface area contributed by atoms with Crippen molar-refractivity contribution in [1.82, 2.24) is 0 Å². The normalized spacial score (nSPS) is 10.1. The fourth-order valence-electron chi connectivity index (χ4n) is 2.82. The minimum atomic E-state index is -1.01. The fourth-order valence-corrected chi connectivity index (χ4v) is 2.82. The van der Waals surface area contributed by atoms with Crippen LogP contribution >= 0.6 is 0 Å². The number of rotatable bonds is 7. The van der Waals surface area contributed by atoms with Gasteiger partial charge in [-0.25, -0.2) is 4.39 Å². The van der Waals surface area contributed by atoms with Gasteiger partial charge in [0.25, 0.3) is 23.2 Å². The van der Waals surface area contributed by atoms with E-state index in [1.807, 2.05) is 0 Å². The molecule has 0 aliphatic carbocycles. The smallest absolute Gasteiger partial charge is 0.292 e. The number of hydrogen-bond acceptors (Lipinski definition) is 6. The van der Waals surface area contributed by atoms with Gasteiger partial charge in [0.15, 0.2) is 0 Å². The summed E-state index contributed by atoms with van der Waals surface area (Å²) < 4.78 is 13.2. The lowest BCUT2D eigenvalue weighted by Gasteiger charge is -2.11. The number of benzene rings is 3. The van der Waals surface area contributed by atoms with Gasteiger partial charge in [0, 0.05) is 12.1 Å². The molecule has 0 aliphatic heterocycles. The highest BCUT2D eigenvalue weighted by molar-refractivity contribution is 6.29. The third-order valence-corrected chi connectivity index (χ3v) is 4.37. The largest absolute Gasteiger partial charge is 0.316 e. The van der Waals surface area contributed by atoms with E-state index in [0.717, 1.165) is 18.2 Å². The molecule has 166 valence electrons. The molecule has 3 aromatic carbocycles. The lowest BCUT2D eigenvalue weighted by molar-refractivity contribution is -0.384. The number of nitrogens with one attached hydrogen (secondary N) is 2. The van der Waals surface area contributed by atoms with Crippen LogP contribution in [0.1, 0.15) is 5.56 Å². The van der Waals surface area contributed by atoms with E-state index < -0.39 is 44.4 Å². The number of amides is 2. The van der Waals surface area contributed by atoms with Crippen LogP contribution in [-0.2, 0) is 9.59 Å². The van der Waals surface area contributed by atoms with Crippen LogP contribution in [0.25, 0.3) is 6.08 Å². The molecule has 3 rings (SSSR count). The van der Waals surface area contributed by atoms with Crippen LogP contribution in [0.5, 0.6) is 0 Å². The van der Waals surface area contributed by atoms with Gasteiger partial charge in [-0.2, -0.15) is 0 Å². The number of anilines is 2. The summed E-state index contributed by atoms with van der Waals surface area (Å²) in [5.74, 6) is -2.56. The molecule has 2 N–H and O–H groups in total. The van der Waals surface area contributed by atoms with Crippen molar-refractivity contribution in [2.24, 2.45) is 0 Å². The van der Waals surface area contributed by atoms with E-state index in [1.165, 1.54) is 60.7 Å². The van der Waals surface area contributed by atoms with Gasteiger partial charge in [0.1, 0.15) is 22.8 Å². The van der Waals surface area contributed by atoms with Crippen LogP contribution in [0.2, 0.25) is 0 Å². The Bertz CT molecular complexity index is 1200. The standard InChI is InChI=1S/C22H15FN4O6/c23-15-11-9-14(10-12-15)13-16(21(28)24-17-5-1-3-7-19(17)26(30)31)22(29)25-18-6-2-4-8-20(18)27(32)33/h1-13H,(H,24,28)(H,25,29). The summed E-state index contributed by atoms with van der Waals surface area (Å²) in [5, 5.41) is 27.1. The van der Waals surface area contributed by atoms with E-state index >= 15 is 0 Å². The first-order valence-electron chi connectivity index (χ1n) is 9.33. The molecular weight excluding hydrogens is 435 g/mol. The molecule has 2 amide bonds. The number of halogens is 1. The van der Waals surface area contributed by atoms with Crippen molar-refractivity contribution >= 4 is 40.6 Å². The van der Waals surface area contributed by atoms with Crippen molar-refractivity contribution in [1.29, 1.82) is 0 Å². The summed E-state index contributed by atoms with van der Waals surface area (Å²) in [6, 6.07) is 15.5. The summed E-state index contributed by atoms with van der Waals surface area (Å²) in [4.78, 5) is 46.9. The molecule has 3 aromatic rings. The van der Waals surface area contributed by atoms with Gasteiger partial charge in [0.05, 0.1) is 9.85 Å². The second-order valence-corrected chi connectivity index (χ2v) is 6.57. The lowest BCUT2D eigenvalue weighted by Crippen LogP contribution is -2.26. The van der Waals surface area contributed by atoms with Crippen molar-refractivity contribution in [3.8, 4) is 0 Å². The predicted octanol–water partition coefficient (Wildman–Crippen LogP) is 4.30. The number of nitro benzene ring substituents is 2. The van der Waals surface area contributed by atoms with Crippen LogP contribution < -0.4 is 10.6 Å². The van der Waals surface area contributed by atoms with E-state index in [0.29, 0.717) is 0 Å². The molecule has 11 heteroatoms. The molecule has 0 saturated carbocycles. The van der Waals surface area contributed by atoms with E-state index in [-0.39, 0.29) is 16.9 Å². The Labute approximate surface area is 185 Å². The number of carbonyl (C=O) groups is 2. The first-order chi connectivity index (χ1) is 15.8. The molecule has 0 atom stereocenters. The van der Waals surface area contributed by atoms with Crippen LogP contribution in [-0.4, -0.2) is 21.7 Å². The van der Waals surface area contributed by atoms with Gasteiger partial charge >= 0.3 is 0 Å². The second kappa shape index (κ2) is 9.92. The third kappa shape index (κ3) is 5.61. The van der Waals surface area contributed by atoms with Gasteiger partial charge in [-0.1, -0.05) is 36.4 Å². The predicted molar refractivity (Wildman–Crippen MR) is 118 cm³/mol. The Morgan fingerprint density at radius 3 is 1.58 bits per heavy atom. The average Bonchev–Trinajstić information content (AvgIpc) is 2.79. The minimum Gasteiger partial charge on any atom is -0.316 e. The van der Waals surface area contributed by atoms with Gasteiger partial charge in [-0.3, -0.25) is 29.8 Å². The quantitative estimate of drug-likeness (QED) is 0.180. The van der Waals surface area contributed by atoms with E-state index in [2.05, 4.69) is 10.6 Å². The number of para-hydroxylation sites is 4. The minimum absolute atomic E-state index is 0.156. The zero-order valence-electron chi connectivity index (χ0n) is 16.7.